The molecule has 3 N–H and O–H groups in total. The van der Waals surface area contributed by atoms with Crippen LogP contribution in [-0.2, 0) is 11.3 Å². The number of hydrogen-bond acceptors (Lipinski definition) is 5. The zero-order valence-electron chi connectivity index (χ0n) is 19.3. The zero-order valence-corrected chi connectivity index (χ0v) is 19.3. The summed E-state index contributed by atoms with van der Waals surface area (Å²) in [6, 6.07) is 15.8. The molecule has 2 atom stereocenters. The van der Waals surface area contributed by atoms with Crippen molar-refractivity contribution in [2.75, 3.05) is 36.4 Å². The van der Waals surface area contributed by atoms with Crippen molar-refractivity contribution in [3.05, 3.63) is 89.5 Å². The molecule has 2 unspecified atom stereocenters. The Hall–Kier alpha value is -3.78. The smallest absolute Gasteiger partial charge is 0.251 e. The van der Waals surface area contributed by atoms with Crippen LogP contribution in [0.3, 0.4) is 0 Å². The van der Waals surface area contributed by atoms with Gasteiger partial charge in [-0.25, -0.2) is 4.39 Å². The fourth-order valence-electron chi connectivity index (χ4n) is 4.48. The second kappa shape index (κ2) is 11.3. The normalized spacial score (nSPS) is 18.6. The zero-order chi connectivity index (χ0) is 24.2. The Bertz CT molecular complexity index is 1200. The van der Waals surface area contributed by atoms with E-state index in [9.17, 15) is 14.0 Å². The number of rotatable bonds is 7. The maximum Gasteiger partial charge on any atom is 0.251 e. The molecule has 36 heavy (non-hydrogen) atoms. The average Bonchev–Trinajstić information content (AvgIpc) is 3.71. The van der Waals surface area contributed by atoms with Crippen molar-refractivity contribution in [2.45, 2.75) is 26.3 Å². The molecule has 2 amide bonds. The molecule has 1 saturated heterocycles. The van der Waals surface area contributed by atoms with E-state index in [2.05, 4.69) is 25.8 Å². The van der Waals surface area contributed by atoms with Gasteiger partial charge in [0.2, 0.25) is 5.91 Å². The number of aromatic nitrogens is 1. The molecule has 8 heteroatoms. The fraction of sp³-hybridized carbons (Fsp3) is 0.321. The van der Waals surface area contributed by atoms with Crippen LogP contribution in [0.15, 0.2) is 67.0 Å². The molecule has 2 fully saturated rings. The van der Waals surface area contributed by atoms with Crippen molar-refractivity contribution in [1.29, 1.82) is 0 Å². The fourth-order valence-corrected chi connectivity index (χ4v) is 4.48. The molecule has 2 aromatic carbocycles. The van der Waals surface area contributed by atoms with E-state index < -0.39 is 5.82 Å². The monoisotopic (exact) mass is 489 g/mol. The molecule has 0 bridgehead atoms. The van der Waals surface area contributed by atoms with E-state index in [4.69, 9.17) is 0 Å². The first-order valence-corrected chi connectivity index (χ1v) is 11.9. The molecule has 0 spiro atoms. The van der Waals surface area contributed by atoms with E-state index in [0.29, 0.717) is 16.8 Å². The summed E-state index contributed by atoms with van der Waals surface area (Å²) in [5, 5.41) is 8.89. The molecule has 3 aromatic rings. The summed E-state index contributed by atoms with van der Waals surface area (Å²) < 4.78 is 14.6. The van der Waals surface area contributed by atoms with E-state index in [1.807, 2.05) is 24.3 Å². The van der Waals surface area contributed by atoms with Gasteiger partial charge in [0.1, 0.15) is 5.82 Å². The lowest BCUT2D eigenvalue weighted by molar-refractivity contribution is -0.117. The van der Waals surface area contributed by atoms with Crippen molar-refractivity contribution < 1.29 is 14.0 Å². The third-order valence-electron chi connectivity index (χ3n) is 6.61. The third kappa shape index (κ3) is 5.88. The van der Waals surface area contributed by atoms with Crippen LogP contribution in [-0.4, -0.2) is 43.0 Å². The Morgan fingerprint density at radius 1 is 1.08 bits per heavy atom. The first-order valence-electron chi connectivity index (χ1n) is 11.9. The van der Waals surface area contributed by atoms with Gasteiger partial charge in [-0.15, -0.1) is 0 Å². The van der Waals surface area contributed by atoms with Crippen LogP contribution in [0.4, 0.5) is 15.8 Å². The predicted octanol–water partition coefficient (Wildman–Crippen LogP) is 3.94. The highest BCUT2D eigenvalue weighted by molar-refractivity contribution is 5.95. The highest BCUT2D eigenvalue weighted by atomic mass is 19.1. The molecule has 2 aliphatic rings. The molecule has 1 saturated carbocycles. The number of halogens is 1. The molecular weight excluding hydrogens is 457 g/mol. The summed E-state index contributed by atoms with van der Waals surface area (Å²) in [5.41, 5.74) is 3.42. The van der Waals surface area contributed by atoms with Crippen LogP contribution >= 0.6 is 0 Å². The molecule has 0 radical (unpaired) electrons. The highest BCUT2D eigenvalue weighted by Gasteiger charge is 2.44. The molecule has 1 aliphatic carbocycles. The van der Waals surface area contributed by atoms with Gasteiger partial charge in [-0.2, -0.15) is 0 Å². The number of carbonyl (C=O) groups excluding carboxylic acids is 2. The summed E-state index contributed by atoms with van der Waals surface area (Å²) in [6.07, 6.45) is 4.25. The summed E-state index contributed by atoms with van der Waals surface area (Å²) in [5.74, 6) is -0.822. The first kappa shape index (κ1) is 25.3. The van der Waals surface area contributed by atoms with Gasteiger partial charge >= 0.3 is 0 Å². The van der Waals surface area contributed by atoms with Crippen LogP contribution in [0.5, 0.6) is 0 Å². The predicted molar refractivity (Wildman–Crippen MR) is 140 cm³/mol. The Morgan fingerprint density at radius 2 is 1.86 bits per heavy atom. The van der Waals surface area contributed by atoms with Gasteiger partial charge in [0.25, 0.3) is 5.91 Å². The standard InChI is InChI=1S/C27H28FN5O2.CH4/c28-25-14-21(32-27(35)24-15-23(24)19-2-1-9-30-16-19)6-3-20(25)17-31-26(34)18-4-7-22(8-5-18)33-12-10-29-11-13-33;/h1-9,14,16,23-24,29H,10-13,15,17H2,(H,31,34)(H,32,35);1H4. The Kier molecular flexibility index (Phi) is 7.95. The van der Waals surface area contributed by atoms with Crippen LogP contribution in [0.2, 0.25) is 0 Å². The van der Waals surface area contributed by atoms with E-state index in [1.54, 1.807) is 36.7 Å². The molecule has 5 rings (SSSR count). The number of pyridine rings is 1. The van der Waals surface area contributed by atoms with Crippen LogP contribution in [0.1, 0.15) is 41.3 Å². The van der Waals surface area contributed by atoms with Gasteiger partial charge < -0.3 is 20.9 Å². The number of nitrogens with one attached hydrogen (secondary N) is 3. The highest BCUT2D eigenvalue weighted by Crippen LogP contribution is 2.47. The van der Waals surface area contributed by atoms with Crippen LogP contribution in [0, 0.1) is 11.7 Å². The number of benzene rings is 2. The number of anilines is 2. The van der Waals surface area contributed by atoms with Gasteiger partial charge in [-0.1, -0.05) is 19.6 Å². The first-order chi connectivity index (χ1) is 17.1. The van der Waals surface area contributed by atoms with Crippen molar-refractivity contribution in [3.8, 4) is 0 Å². The second-order valence-corrected chi connectivity index (χ2v) is 9.00. The minimum Gasteiger partial charge on any atom is -0.369 e. The van der Waals surface area contributed by atoms with E-state index in [-0.39, 0.29) is 37.6 Å². The lowest BCUT2D eigenvalue weighted by atomic mass is 10.1. The summed E-state index contributed by atoms with van der Waals surface area (Å²) in [4.78, 5) is 31.5. The van der Waals surface area contributed by atoms with Crippen molar-refractivity contribution >= 4 is 23.2 Å². The van der Waals surface area contributed by atoms with E-state index >= 15 is 0 Å². The van der Waals surface area contributed by atoms with Crippen molar-refractivity contribution in [2.24, 2.45) is 5.92 Å². The molecule has 188 valence electrons. The summed E-state index contributed by atoms with van der Waals surface area (Å²) >= 11 is 0. The summed E-state index contributed by atoms with van der Waals surface area (Å²) in [7, 11) is 0. The van der Waals surface area contributed by atoms with Gasteiger partial charge in [0.15, 0.2) is 0 Å². The van der Waals surface area contributed by atoms with Crippen LogP contribution in [0.25, 0.3) is 0 Å². The minimum absolute atomic E-state index is 0. The Morgan fingerprint density at radius 3 is 2.56 bits per heavy atom. The van der Waals surface area contributed by atoms with Gasteiger partial charge in [-0.3, -0.25) is 14.6 Å². The van der Waals surface area contributed by atoms with Gasteiger partial charge in [0.05, 0.1) is 0 Å². The number of piperazine rings is 1. The largest absolute Gasteiger partial charge is 0.369 e. The van der Waals surface area contributed by atoms with Crippen molar-refractivity contribution in [1.82, 2.24) is 15.6 Å². The quantitative estimate of drug-likeness (QED) is 0.468. The van der Waals surface area contributed by atoms with Crippen molar-refractivity contribution in [3.63, 3.8) is 0 Å². The SMILES string of the molecule is C.O=C(NCc1ccc(NC(=O)C2CC2c2cccnc2)cc1F)c1ccc(N2CCNCC2)cc1. The summed E-state index contributed by atoms with van der Waals surface area (Å²) in [6.45, 7) is 3.83. The van der Waals surface area contributed by atoms with Gasteiger partial charge in [0, 0.05) is 73.5 Å². The van der Waals surface area contributed by atoms with E-state index in [1.165, 1.54) is 6.07 Å². The minimum atomic E-state index is -0.475. The average molecular weight is 490 g/mol. The lowest BCUT2D eigenvalue weighted by Crippen LogP contribution is -2.43. The molecular formula is C28H32FN5O2. The number of hydrogen-bond donors (Lipinski definition) is 3. The Balaban J connectivity index is 0.00000304. The third-order valence-corrected chi connectivity index (χ3v) is 6.61. The second-order valence-electron chi connectivity index (χ2n) is 9.00. The maximum absolute atomic E-state index is 14.6. The van der Waals surface area contributed by atoms with E-state index in [0.717, 1.165) is 43.9 Å². The molecule has 7 nitrogen and oxygen atoms in total. The molecule has 1 aromatic heterocycles. The number of nitrogens with zero attached hydrogens (tertiary/aromatic N) is 2. The van der Waals surface area contributed by atoms with Crippen LogP contribution < -0.4 is 20.9 Å². The Labute approximate surface area is 211 Å². The lowest BCUT2D eigenvalue weighted by Gasteiger charge is -2.29. The number of carbonyl (C=O) groups is 2. The number of amides is 2. The van der Waals surface area contributed by atoms with Gasteiger partial charge in [-0.05, 0) is 60.4 Å². The molecule has 1 aliphatic heterocycles. The topological polar surface area (TPSA) is 86.4 Å². The molecule has 2 heterocycles. The maximum atomic E-state index is 14.6.